The quantitative estimate of drug-likeness (QED) is 0.917. The second kappa shape index (κ2) is 5.58. The van der Waals surface area contributed by atoms with Crippen molar-refractivity contribution in [3.05, 3.63) is 11.9 Å². The van der Waals surface area contributed by atoms with Gasteiger partial charge in [0.1, 0.15) is 18.0 Å². The van der Waals surface area contributed by atoms with Crippen LogP contribution < -0.4 is 10.2 Å². The monoisotopic (exact) mass is 274 g/mol. The van der Waals surface area contributed by atoms with Crippen LogP contribution in [0.15, 0.2) is 6.33 Å². The molecule has 3 rings (SSSR count). The Kier molecular flexibility index (Phi) is 3.81. The van der Waals surface area contributed by atoms with Crippen LogP contribution in [0, 0.1) is 5.92 Å². The fourth-order valence-corrected chi connectivity index (χ4v) is 4.06. The Bertz CT molecular complexity index is 472. The van der Waals surface area contributed by atoms with E-state index < -0.39 is 0 Å². The first kappa shape index (κ1) is 13.7. The number of rotatable bonds is 3. The summed E-state index contributed by atoms with van der Waals surface area (Å²) in [5.74, 6) is 3.49. The molecule has 0 aromatic carbocycles. The third-order valence-corrected chi connectivity index (χ3v) is 4.94. The minimum atomic E-state index is 0.440. The molecule has 2 aliphatic rings. The van der Waals surface area contributed by atoms with Gasteiger partial charge in [-0.25, -0.2) is 9.97 Å². The lowest BCUT2D eigenvalue weighted by Gasteiger charge is -2.40. The van der Waals surface area contributed by atoms with Crippen LogP contribution in [0.25, 0.3) is 0 Å². The largest absolute Gasteiger partial charge is 0.373 e. The first-order valence-electron chi connectivity index (χ1n) is 8.01. The molecule has 0 radical (unpaired) electrons. The Morgan fingerprint density at radius 1 is 1.20 bits per heavy atom. The molecule has 2 fully saturated rings. The predicted molar refractivity (Wildman–Crippen MR) is 83.4 cm³/mol. The number of aromatic nitrogens is 2. The maximum atomic E-state index is 4.67. The Labute approximate surface area is 122 Å². The molecule has 1 aromatic heterocycles. The minimum Gasteiger partial charge on any atom is -0.373 e. The van der Waals surface area contributed by atoms with Crippen LogP contribution in [0.3, 0.4) is 0 Å². The fraction of sp³-hybridized carbons (Fsp3) is 0.750. The van der Waals surface area contributed by atoms with Gasteiger partial charge < -0.3 is 10.2 Å². The highest BCUT2D eigenvalue weighted by atomic mass is 15.2. The third kappa shape index (κ3) is 2.25. The summed E-state index contributed by atoms with van der Waals surface area (Å²) in [6, 6.07) is 0.709. The molecule has 1 N–H and O–H groups in total. The average Bonchev–Trinajstić information content (AvgIpc) is 2.94. The van der Waals surface area contributed by atoms with Crippen LogP contribution in [0.5, 0.6) is 0 Å². The number of anilines is 2. The van der Waals surface area contributed by atoms with Gasteiger partial charge in [-0.15, -0.1) is 0 Å². The molecule has 1 aliphatic carbocycles. The molecule has 1 saturated carbocycles. The van der Waals surface area contributed by atoms with Gasteiger partial charge in [0.05, 0.1) is 0 Å². The molecular formula is C16H26N4. The van der Waals surface area contributed by atoms with E-state index in [1.54, 1.807) is 6.33 Å². The Morgan fingerprint density at radius 2 is 2.00 bits per heavy atom. The summed E-state index contributed by atoms with van der Waals surface area (Å²) in [6.45, 7) is 5.62. The van der Waals surface area contributed by atoms with Crippen molar-refractivity contribution in [1.29, 1.82) is 0 Å². The first-order chi connectivity index (χ1) is 9.72. The lowest BCUT2D eigenvalue weighted by molar-refractivity contribution is 0.359. The number of nitrogens with one attached hydrogen (secondary N) is 1. The standard InChI is InChI=1S/C16H26N4/c1-11(2)14-15(17-3)18-10-19-16(14)20-9-5-7-12-6-4-8-13(12)20/h10-13H,4-9H2,1-3H3,(H,17,18,19). The third-order valence-electron chi connectivity index (χ3n) is 4.94. The van der Waals surface area contributed by atoms with Crippen molar-refractivity contribution in [2.24, 2.45) is 5.92 Å². The van der Waals surface area contributed by atoms with Crippen LogP contribution in [0.4, 0.5) is 11.6 Å². The molecule has 0 amide bonds. The topological polar surface area (TPSA) is 41.1 Å². The summed E-state index contributed by atoms with van der Waals surface area (Å²) in [6.07, 6.45) is 8.54. The molecule has 2 heterocycles. The number of nitrogens with zero attached hydrogens (tertiary/aromatic N) is 3. The summed E-state index contributed by atoms with van der Waals surface area (Å²) < 4.78 is 0. The highest BCUT2D eigenvalue weighted by Crippen LogP contribution is 2.41. The van der Waals surface area contributed by atoms with Crippen LogP contribution in [-0.4, -0.2) is 29.6 Å². The van der Waals surface area contributed by atoms with Crippen molar-refractivity contribution >= 4 is 11.6 Å². The average molecular weight is 274 g/mol. The Balaban J connectivity index is 2.00. The second-order valence-corrected chi connectivity index (χ2v) is 6.46. The van der Waals surface area contributed by atoms with E-state index in [0.29, 0.717) is 12.0 Å². The van der Waals surface area contributed by atoms with Gasteiger partial charge in [0, 0.05) is 25.2 Å². The van der Waals surface area contributed by atoms with E-state index in [9.17, 15) is 0 Å². The van der Waals surface area contributed by atoms with E-state index in [1.165, 1.54) is 43.5 Å². The molecule has 1 aliphatic heterocycles. The Morgan fingerprint density at radius 3 is 2.75 bits per heavy atom. The zero-order valence-electron chi connectivity index (χ0n) is 12.9. The van der Waals surface area contributed by atoms with Gasteiger partial charge in [0.2, 0.25) is 0 Å². The summed E-state index contributed by atoms with van der Waals surface area (Å²) >= 11 is 0. The SMILES string of the molecule is CNc1ncnc(N2CCCC3CCCC32)c1C(C)C. The molecule has 0 spiro atoms. The van der Waals surface area contributed by atoms with Crippen molar-refractivity contribution in [2.45, 2.75) is 57.9 Å². The normalized spacial score (nSPS) is 25.9. The summed E-state index contributed by atoms with van der Waals surface area (Å²) in [7, 11) is 1.95. The lowest BCUT2D eigenvalue weighted by Crippen LogP contribution is -2.43. The number of fused-ring (bicyclic) bond motifs is 1. The van der Waals surface area contributed by atoms with Gasteiger partial charge in [0.25, 0.3) is 0 Å². The summed E-state index contributed by atoms with van der Waals surface area (Å²) in [5, 5.41) is 3.24. The van der Waals surface area contributed by atoms with Crippen molar-refractivity contribution in [3.63, 3.8) is 0 Å². The van der Waals surface area contributed by atoms with E-state index in [1.807, 2.05) is 7.05 Å². The predicted octanol–water partition coefficient (Wildman–Crippen LogP) is 3.41. The Hall–Kier alpha value is -1.32. The molecular weight excluding hydrogens is 248 g/mol. The molecule has 0 bridgehead atoms. The highest BCUT2D eigenvalue weighted by Gasteiger charge is 2.37. The summed E-state index contributed by atoms with van der Waals surface area (Å²) in [5.41, 5.74) is 1.28. The van der Waals surface area contributed by atoms with Gasteiger partial charge in [-0.3, -0.25) is 0 Å². The van der Waals surface area contributed by atoms with E-state index >= 15 is 0 Å². The maximum Gasteiger partial charge on any atom is 0.137 e. The van der Waals surface area contributed by atoms with Crippen LogP contribution in [0.2, 0.25) is 0 Å². The first-order valence-corrected chi connectivity index (χ1v) is 8.01. The molecule has 1 saturated heterocycles. The van der Waals surface area contributed by atoms with E-state index in [0.717, 1.165) is 18.3 Å². The van der Waals surface area contributed by atoms with Crippen molar-refractivity contribution < 1.29 is 0 Å². The van der Waals surface area contributed by atoms with Crippen LogP contribution in [-0.2, 0) is 0 Å². The van der Waals surface area contributed by atoms with E-state index in [2.05, 4.69) is 34.0 Å². The molecule has 20 heavy (non-hydrogen) atoms. The minimum absolute atomic E-state index is 0.440. The molecule has 110 valence electrons. The zero-order chi connectivity index (χ0) is 14.1. The van der Waals surface area contributed by atoms with Gasteiger partial charge in [0.15, 0.2) is 0 Å². The van der Waals surface area contributed by atoms with Crippen molar-refractivity contribution in [2.75, 3.05) is 23.8 Å². The highest BCUT2D eigenvalue weighted by molar-refractivity contribution is 5.61. The number of piperidine rings is 1. The van der Waals surface area contributed by atoms with Crippen LogP contribution >= 0.6 is 0 Å². The zero-order valence-corrected chi connectivity index (χ0v) is 12.9. The van der Waals surface area contributed by atoms with Gasteiger partial charge in [-0.05, 0) is 37.5 Å². The van der Waals surface area contributed by atoms with Crippen molar-refractivity contribution in [1.82, 2.24) is 9.97 Å². The number of hydrogen-bond donors (Lipinski definition) is 1. The summed E-state index contributed by atoms with van der Waals surface area (Å²) in [4.78, 5) is 11.7. The molecule has 4 heteroatoms. The lowest BCUT2D eigenvalue weighted by atomic mass is 9.91. The second-order valence-electron chi connectivity index (χ2n) is 6.46. The molecule has 1 aromatic rings. The fourth-order valence-electron chi connectivity index (χ4n) is 4.06. The van der Waals surface area contributed by atoms with Gasteiger partial charge in [-0.2, -0.15) is 0 Å². The van der Waals surface area contributed by atoms with Gasteiger partial charge >= 0.3 is 0 Å². The smallest absolute Gasteiger partial charge is 0.137 e. The maximum absolute atomic E-state index is 4.67. The van der Waals surface area contributed by atoms with E-state index in [4.69, 9.17) is 0 Å². The molecule has 2 atom stereocenters. The molecule has 2 unspecified atom stereocenters. The molecule has 4 nitrogen and oxygen atoms in total. The van der Waals surface area contributed by atoms with Gasteiger partial charge in [-0.1, -0.05) is 20.3 Å². The van der Waals surface area contributed by atoms with Crippen LogP contribution in [0.1, 0.15) is 57.4 Å². The number of hydrogen-bond acceptors (Lipinski definition) is 4. The van der Waals surface area contributed by atoms with Crippen molar-refractivity contribution in [3.8, 4) is 0 Å². The van der Waals surface area contributed by atoms with E-state index in [-0.39, 0.29) is 0 Å².